The van der Waals surface area contributed by atoms with Crippen LogP contribution in [0, 0.1) is 0 Å². The summed E-state index contributed by atoms with van der Waals surface area (Å²) in [6, 6.07) is 0. The molecule has 0 aromatic carbocycles. The first-order chi connectivity index (χ1) is 7.08. The molecule has 0 radical (unpaired) electrons. The van der Waals surface area contributed by atoms with Crippen LogP contribution in [0.3, 0.4) is 0 Å². The molecule has 0 bridgehead atoms. The SMILES string of the molecule is NC(=O)CCSc1nc(CC(=O)O)cs1. The zero-order valence-corrected chi connectivity index (χ0v) is 9.44. The van der Waals surface area contributed by atoms with E-state index in [1.807, 2.05) is 0 Å². The van der Waals surface area contributed by atoms with E-state index in [-0.39, 0.29) is 12.3 Å². The molecule has 0 aliphatic heterocycles. The number of hydrogen-bond donors (Lipinski definition) is 2. The summed E-state index contributed by atoms with van der Waals surface area (Å²) >= 11 is 2.79. The Labute approximate surface area is 94.7 Å². The number of primary amides is 1. The van der Waals surface area contributed by atoms with Crippen molar-refractivity contribution in [1.29, 1.82) is 0 Å². The smallest absolute Gasteiger partial charge is 0.309 e. The molecule has 82 valence electrons. The van der Waals surface area contributed by atoms with Crippen molar-refractivity contribution in [1.82, 2.24) is 4.98 Å². The molecule has 15 heavy (non-hydrogen) atoms. The van der Waals surface area contributed by atoms with Gasteiger partial charge in [-0.2, -0.15) is 0 Å². The Morgan fingerprint density at radius 3 is 2.93 bits per heavy atom. The molecule has 3 N–H and O–H groups in total. The number of carbonyl (C=O) groups is 2. The highest BCUT2D eigenvalue weighted by Gasteiger charge is 2.06. The molecule has 1 aromatic rings. The van der Waals surface area contributed by atoms with E-state index in [1.54, 1.807) is 5.38 Å². The number of nitrogens with two attached hydrogens (primary N) is 1. The largest absolute Gasteiger partial charge is 0.481 e. The summed E-state index contributed by atoms with van der Waals surface area (Å²) in [5, 5.41) is 10.2. The first-order valence-corrected chi connectivity index (χ1v) is 6.01. The second-order valence-corrected chi connectivity index (χ2v) is 4.94. The second kappa shape index (κ2) is 5.72. The van der Waals surface area contributed by atoms with E-state index in [9.17, 15) is 9.59 Å². The van der Waals surface area contributed by atoms with Crippen LogP contribution in [0.15, 0.2) is 9.72 Å². The van der Waals surface area contributed by atoms with Gasteiger partial charge < -0.3 is 10.8 Å². The number of carbonyl (C=O) groups excluding carboxylic acids is 1. The van der Waals surface area contributed by atoms with Gasteiger partial charge in [-0.25, -0.2) is 4.98 Å². The Kier molecular flexibility index (Phi) is 4.57. The minimum Gasteiger partial charge on any atom is -0.481 e. The zero-order valence-electron chi connectivity index (χ0n) is 7.80. The van der Waals surface area contributed by atoms with Crippen molar-refractivity contribution in [3.05, 3.63) is 11.1 Å². The van der Waals surface area contributed by atoms with Gasteiger partial charge in [0.05, 0.1) is 12.1 Å². The van der Waals surface area contributed by atoms with E-state index in [0.717, 1.165) is 4.34 Å². The zero-order chi connectivity index (χ0) is 11.3. The van der Waals surface area contributed by atoms with Gasteiger partial charge in [0.1, 0.15) is 4.34 Å². The number of amides is 1. The topological polar surface area (TPSA) is 93.3 Å². The molecule has 7 heteroatoms. The van der Waals surface area contributed by atoms with Crippen LogP contribution in [-0.2, 0) is 16.0 Å². The first-order valence-electron chi connectivity index (χ1n) is 4.15. The predicted octanol–water partition coefficient (Wildman–Crippen LogP) is 0.738. The molecule has 1 rings (SSSR count). The molecule has 0 aliphatic carbocycles. The maximum atomic E-state index is 10.5. The van der Waals surface area contributed by atoms with Gasteiger partial charge >= 0.3 is 5.97 Å². The monoisotopic (exact) mass is 246 g/mol. The number of hydrogen-bond acceptors (Lipinski definition) is 5. The van der Waals surface area contributed by atoms with Crippen LogP contribution in [0.5, 0.6) is 0 Å². The van der Waals surface area contributed by atoms with Crippen molar-refractivity contribution >= 4 is 35.0 Å². The third-order valence-electron chi connectivity index (χ3n) is 1.44. The first kappa shape index (κ1) is 12.0. The van der Waals surface area contributed by atoms with Crippen molar-refractivity contribution in [2.45, 2.75) is 17.2 Å². The molecule has 0 saturated heterocycles. The number of aromatic nitrogens is 1. The number of aliphatic carboxylic acids is 1. The quantitative estimate of drug-likeness (QED) is 0.722. The third kappa shape index (κ3) is 4.80. The van der Waals surface area contributed by atoms with Crippen LogP contribution in [0.2, 0.25) is 0 Å². The number of carboxylic acids is 1. The molecule has 0 aliphatic rings. The Morgan fingerprint density at radius 1 is 1.60 bits per heavy atom. The standard InChI is InChI=1S/C8H10N2O3S2/c9-6(11)1-2-14-8-10-5(4-15-8)3-7(12)13/h4H,1-3H2,(H2,9,11)(H,12,13). The number of thiazole rings is 1. The van der Waals surface area contributed by atoms with E-state index in [4.69, 9.17) is 10.8 Å². The molecule has 1 heterocycles. The van der Waals surface area contributed by atoms with Crippen molar-refractivity contribution in [2.24, 2.45) is 5.73 Å². The van der Waals surface area contributed by atoms with E-state index in [2.05, 4.69) is 4.98 Å². The normalized spacial score (nSPS) is 10.1. The average Bonchev–Trinajstić information content (AvgIpc) is 2.50. The summed E-state index contributed by atoms with van der Waals surface area (Å²) in [4.78, 5) is 24.9. The van der Waals surface area contributed by atoms with Crippen LogP contribution < -0.4 is 5.73 Å². The molecule has 5 nitrogen and oxygen atoms in total. The molecule has 1 amide bonds. The molecule has 0 unspecified atom stereocenters. The number of thioether (sulfide) groups is 1. The minimum absolute atomic E-state index is 0.0626. The lowest BCUT2D eigenvalue weighted by molar-refractivity contribution is -0.136. The fourth-order valence-corrected chi connectivity index (χ4v) is 2.70. The van der Waals surface area contributed by atoms with Crippen LogP contribution in [-0.4, -0.2) is 27.7 Å². The lowest BCUT2D eigenvalue weighted by atomic mass is 10.3. The average molecular weight is 246 g/mol. The van der Waals surface area contributed by atoms with E-state index >= 15 is 0 Å². The highest BCUT2D eigenvalue weighted by Crippen LogP contribution is 2.23. The highest BCUT2D eigenvalue weighted by molar-refractivity contribution is 8.01. The molecule has 0 atom stereocenters. The van der Waals surface area contributed by atoms with Gasteiger partial charge in [-0.1, -0.05) is 11.8 Å². The summed E-state index contributed by atoms with van der Waals surface area (Å²) in [5.74, 6) is -0.658. The van der Waals surface area contributed by atoms with Crippen LogP contribution in [0.4, 0.5) is 0 Å². The second-order valence-electron chi connectivity index (χ2n) is 2.74. The molecular weight excluding hydrogens is 236 g/mol. The van der Waals surface area contributed by atoms with Gasteiger partial charge in [-0.05, 0) is 0 Å². The van der Waals surface area contributed by atoms with Gasteiger partial charge in [-0.15, -0.1) is 11.3 Å². The lowest BCUT2D eigenvalue weighted by Gasteiger charge is -1.93. The van der Waals surface area contributed by atoms with Gasteiger partial charge in [0.15, 0.2) is 0 Å². The van der Waals surface area contributed by atoms with Gasteiger partial charge in [0.25, 0.3) is 0 Å². The molecule has 1 aromatic heterocycles. The third-order valence-corrected chi connectivity index (χ3v) is 3.51. The molecular formula is C8H10N2O3S2. The maximum absolute atomic E-state index is 10.5. The van der Waals surface area contributed by atoms with Gasteiger partial charge in [0, 0.05) is 17.6 Å². The maximum Gasteiger partial charge on any atom is 0.309 e. The molecule has 0 spiro atoms. The summed E-state index contributed by atoms with van der Waals surface area (Å²) in [7, 11) is 0. The van der Waals surface area contributed by atoms with Crippen LogP contribution in [0.1, 0.15) is 12.1 Å². The van der Waals surface area contributed by atoms with Gasteiger partial charge in [-0.3, -0.25) is 9.59 Å². The summed E-state index contributed by atoms with van der Waals surface area (Å²) in [5.41, 5.74) is 5.53. The Balaban J connectivity index is 2.39. The Morgan fingerprint density at radius 2 is 2.33 bits per heavy atom. The minimum atomic E-state index is -0.894. The van der Waals surface area contributed by atoms with Crippen molar-refractivity contribution < 1.29 is 14.7 Å². The summed E-state index contributed by atoms with van der Waals surface area (Å²) < 4.78 is 0.771. The summed E-state index contributed by atoms with van der Waals surface area (Å²) in [6.45, 7) is 0. The van der Waals surface area contributed by atoms with Gasteiger partial charge in [0.2, 0.25) is 5.91 Å². The fraction of sp³-hybridized carbons (Fsp3) is 0.375. The number of nitrogens with zero attached hydrogens (tertiary/aromatic N) is 1. The Hall–Kier alpha value is -1.08. The molecule has 0 saturated carbocycles. The fourth-order valence-electron chi connectivity index (χ4n) is 0.830. The van der Waals surface area contributed by atoms with E-state index in [0.29, 0.717) is 17.9 Å². The molecule has 0 fully saturated rings. The van der Waals surface area contributed by atoms with Crippen LogP contribution in [0.25, 0.3) is 0 Å². The highest BCUT2D eigenvalue weighted by atomic mass is 32.2. The number of carboxylic acid groups (broad SMARTS) is 1. The summed E-state index contributed by atoms with van der Waals surface area (Å²) in [6.07, 6.45) is 0.241. The predicted molar refractivity (Wildman–Crippen MR) is 58.0 cm³/mol. The van der Waals surface area contributed by atoms with Crippen molar-refractivity contribution in [2.75, 3.05) is 5.75 Å². The van der Waals surface area contributed by atoms with E-state index < -0.39 is 5.97 Å². The number of rotatable bonds is 6. The Bertz CT molecular complexity index is 365. The van der Waals surface area contributed by atoms with Crippen molar-refractivity contribution in [3.8, 4) is 0 Å². The lowest BCUT2D eigenvalue weighted by Crippen LogP contribution is -2.10. The van der Waals surface area contributed by atoms with Crippen molar-refractivity contribution in [3.63, 3.8) is 0 Å². The van der Waals surface area contributed by atoms with E-state index in [1.165, 1.54) is 23.1 Å². The van der Waals surface area contributed by atoms with Crippen LogP contribution >= 0.6 is 23.1 Å².